The molecule has 0 amide bonds. The molecule has 1 aromatic heterocycles. The summed E-state index contributed by atoms with van der Waals surface area (Å²) in [6.07, 6.45) is 3.95. The van der Waals surface area contributed by atoms with Crippen LogP contribution >= 0.6 is 11.6 Å². The second-order valence-electron chi connectivity index (χ2n) is 3.38. The maximum absolute atomic E-state index is 11.6. The third-order valence-electron chi connectivity index (χ3n) is 2.51. The van der Waals surface area contributed by atoms with E-state index in [4.69, 9.17) is 11.6 Å². The van der Waals surface area contributed by atoms with Crippen molar-refractivity contribution in [2.75, 3.05) is 0 Å². The van der Waals surface area contributed by atoms with E-state index in [1.807, 2.05) is 0 Å². The first-order valence-corrected chi connectivity index (χ1v) is 4.82. The van der Waals surface area contributed by atoms with Gasteiger partial charge in [-0.25, -0.2) is 4.68 Å². The fraction of sp³-hybridized carbons (Fsp3) is 0.556. The van der Waals surface area contributed by atoms with Crippen molar-refractivity contribution in [3.05, 3.63) is 26.6 Å². The Balaban J connectivity index is 2.70. The molecule has 0 N–H and O–H groups in total. The van der Waals surface area contributed by atoms with Gasteiger partial charge < -0.3 is 0 Å². The summed E-state index contributed by atoms with van der Waals surface area (Å²) in [6.45, 7) is 0. The highest BCUT2D eigenvalue weighted by Gasteiger charge is 2.17. The lowest BCUT2D eigenvalue weighted by atomic mass is 9.94. The quantitative estimate of drug-likeness (QED) is 0.630. The third kappa shape index (κ3) is 1.37. The molecule has 0 bridgehead atoms. The second kappa shape index (κ2) is 3.14. The van der Waals surface area contributed by atoms with E-state index < -0.39 is 0 Å². The van der Waals surface area contributed by atoms with Gasteiger partial charge in [-0.3, -0.25) is 4.79 Å². The van der Waals surface area contributed by atoms with E-state index in [0.717, 1.165) is 36.8 Å². The zero-order chi connectivity index (χ0) is 9.42. The number of rotatable bonds is 0. The monoisotopic (exact) mass is 198 g/mol. The molecule has 0 aromatic carbocycles. The van der Waals surface area contributed by atoms with Crippen LogP contribution in [0.1, 0.15) is 24.0 Å². The van der Waals surface area contributed by atoms with Crippen LogP contribution < -0.4 is 5.56 Å². The number of aryl methyl sites for hydroxylation is 1. The molecule has 0 radical (unpaired) electrons. The van der Waals surface area contributed by atoms with Crippen LogP contribution in [-0.2, 0) is 19.9 Å². The molecular formula is C9H11ClN2O. The van der Waals surface area contributed by atoms with Crippen molar-refractivity contribution >= 4 is 11.6 Å². The zero-order valence-electron chi connectivity index (χ0n) is 7.51. The standard InChI is InChI=1S/C9H11ClN2O/c1-12-9(13)7-5-3-2-4-6(7)8(10)11-12/h2-5H2,1H3. The maximum Gasteiger partial charge on any atom is 0.270 e. The van der Waals surface area contributed by atoms with Gasteiger partial charge in [0, 0.05) is 12.6 Å². The molecule has 2 rings (SSSR count). The summed E-state index contributed by atoms with van der Waals surface area (Å²) in [5.41, 5.74) is 1.85. The molecule has 13 heavy (non-hydrogen) atoms. The smallest absolute Gasteiger partial charge is 0.268 e. The molecule has 70 valence electrons. The summed E-state index contributed by atoms with van der Waals surface area (Å²) in [5, 5.41) is 4.45. The van der Waals surface area contributed by atoms with Crippen molar-refractivity contribution in [3.63, 3.8) is 0 Å². The molecular weight excluding hydrogens is 188 g/mol. The Bertz CT molecular complexity index is 397. The van der Waals surface area contributed by atoms with Crippen molar-refractivity contribution in [1.29, 1.82) is 0 Å². The molecule has 1 aromatic rings. The average Bonchev–Trinajstić information content (AvgIpc) is 2.15. The first-order valence-electron chi connectivity index (χ1n) is 4.44. The Morgan fingerprint density at radius 1 is 1.31 bits per heavy atom. The molecule has 0 saturated carbocycles. The molecule has 0 atom stereocenters. The Hall–Kier alpha value is -0.830. The third-order valence-corrected chi connectivity index (χ3v) is 2.81. The molecule has 4 heteroatoms. The van der Waals surface area contributed by atoms with Crippen LogP contribution in [-0.4, -0.2) is 9.78 Å². The molecule has 1 aliphatic carbocycles. The lowest BCUT2D eigenvalue weighted by Gasteiger charge is -2.15. The van der Waals surface area contributed by atoms with Crippen molar-refractivity contribution in [2.45, 2.75) is 25.7 Å². The van der Waals surface area contributed by atoms with Crippen molar-refractivity contribution < 1.29 is 0 Å². The zero-order valence-corrected chi connectivity index (χ0v) is 8.26. The highest BCUT2D eigenvalue weighted by molar-refractivity contribution is 6.30. The van der Waals surface area contributed by atoms with E-state index >= 15 is 0 Å². The SMILES string of the molecule is Cn1nc(Cl)c2c(c1=O)CCCC2. The van der Waals surface area contributed by atoms with Gasteiger partial charge in [0.1, 0.15) is 0 Å². The summed E-state index contributed by atoms with van der Waals surface area (Å²) >= 11 is 5.95. The van der Waals surface area contributed by atoms with Crippen LogP contribution in [0.3, 0.4) is 0 Å². The molecule has 0 unspecified atom stereocenters. The molecule has 1 aliphatic rings. The van der Waals surface area contributed by atoms with Gasteiger partial charge in [-0.05, 0) is 31.2 Å². The predicted molar refractivity (Wildman–Crippen MR) is 51.1 cm³/mol. The van der Waals surface area contributed by atoms with Crippen LogP contribution in [0, 0.1) is 0 Å². The van der Waals surface area contributed by atoms with E-state index in [1.165, 1.54) is 4.68 Å². The number of nitrogens with zero attached hydrogens (tertiary/aromatic N) is 2. The number of halogens is 1. The van der Waals surface area contributed by atoms with Crippen LogP contribution in [0.4, 0.5) is 0 Å². The minimum atomic E-state index is 0.0131. The molecule has 0 spiro atoms. The van der Waals surface area contributed by atoms with Crippen LogP contribution in [0.5, 0.6) is 0 Å². The number of hydrogen-bond acceptors (Lipinski definition) is 2. The normalized spacial score (nSPS) is 15.5. The minimum absolute atomic E-state index is 0.0131. The van der Waals surface area contributed by atoms with Crippen LogP contribution in [0.25, 0.3) is 0 Å². The molecule has 0 aliphatic heterocycles. The predicted octanol–water partition coefficient (Wildman–Crippen LogP) is 1.31. The lowest BCUT2D eigenvalue weighted by molar-refractivity contribution is 0.624. The van der Waals surface area contributed by atoms with Crippen molar-refractivity contribution in [1.82, 2.24) is 9.78 Å². The number of hydrogen-bond donors (Lipinski definition) is 0. The van der Waals surface area contributed by atoms with Gasteiger partial charge in [0.2, 0.25) is 0 Å². The highest BCUT2D eigenvalue weighted by atomic mass is 35.5. The highest BCUT2D eigenvalue weighted by Crippen LogP contribution is 2.22. The van der Waals surface area contributed by atoms with E-state index in [2.05, 4.69) is 5.10 Å². The summed E-state index contributed by atoms with van der Waals surface area (Å²) in [4.78, 5) is 11.6. The van der Waals surface area contributed by atoms with Gasteiger partial charge >= 0.3 is 0 Å². The molecule has 1 heterocycles. The number of fused-ring (bicyclic) bond motifs is 1. The van der Waals surface area contributed by atoms with Crippen molar-refractivity contribution in [3.8, 4) is 0 Å². The van der Waals surface area contributed by atoms with Gasteiger partial charge in [0.05, 0.1) is 0 Å². The van der Waals surface area contributed by atoms with Gasteiger partial charge in [-0.2, -0.15) is 5.10 Å². The molecule has 3 nitrogen and oxygen atoms in total. The largest absolute Gasteiger partial charge is 0.270 e. The minimum Gasteiger partial charge on any atom is -0.268 e. The average molecular weight is 199 g/mol. The summed E-state index contributed by atoms with van der Waals surface area (Å²) in [6, 6.07) is 0. The van der Waals surface area contributed by atoms with Gasteiger partial charge in [0.25, 0.3) is 5.56 Å². The fourth-order valence-corrected chi connectivity index (χ4v) is 2.12. The van der Waals surface area contributed by atoms with Gasteiger partial charge in [-0.1, -0.05) is 11.6 Å². The fourth-order valence-electron chi connectivity index (χ4n) is 1.80. The van der Waals surface area contributed by atoms with E-state index in [1.54, 1.807) is 7.05 Å². The first-order chi connectivity index (χ1) is 6.20. The summed E-state index contributed by atoms with van der Waals surface area (Å²) in [7, 11) is 1.64. The Morgan fingerprint density at radius 3 is 2.62 bits per heavy atom. The molecule has 0 saturated heterocycles. The van der Waals surface area contributed by atoms with Gasteiger partial charge in [0.15, 0.2) is 5.15 Å². The van der Waals surface area contributed by atoms with E-state index in [0.29, 0.717) is 5.15 Å². The first kappa shape index (κ1) is 8.75. The van der Waals surface area contributed by atoms with Crippen LogP contribution in [0.2, 0.25) is 5.15 Å². The Labute approximate surface area is 81.3 Å². The van der Waals surface area contributed by atoms with E-state index in [9.17, 15) is 4.79 Å². The van der Waals surface area contributed by atoms with E-state index in [-0.39, 0.29) is 5.56 Å². The Morgan fingerprint density at radius 2 is 1.92 bits per heavy atom. The lowest BCUT2D eigenvalue weighted by Crippen LogP contribution is -2.27. The summed E-state index contributed by atoms with van der Waals surface area (Å²) in [5.74, 6) is 0. The Kier molecular flexibility index (Phi) is 2.12. The second-order valence-corrected chi connectivity index (χ2v) is 3.74. The van der Waals surface area contributed by atoms with Crippen molar-refractivity contribution in [2.24, 2.45) is 7.05 Å². The number of aromatic nitrogens is 2. The molecule has 0 fully saturated rings. The van der Waals surface area contributed by atoms with Gasteiger partial charge in [-0.15, -0.1) is 0 Å². The van der Waals surface area contributed by atoms with Crippen LogP contribution in [0.15, 0.2) is 4.79 Å². The maximum atomic E-state index is 11.6. The summed E-state index contributed by atoms with van der Waals surface area (Å²) < 4.78 is 1.33. The topological polar surface area (TPSA) is 34.9 Å².